The molecule has 0 amide bonds. The zero-order valence-electron chi connectivity index (χ0n) is 14.1. The summed E-state index contributed by atoms with van der Waals surface area (Å²) in [6.45, 7) is 8.74. The molecule has 0 aliphatic rings. The Balaban J connectivity index is 0.000000242. The molecule has 0 unspecified atom stereocenters. The first-order chi connectivity index (χ1) is 10.9. The van der Waals surface area contributed by atoms with Crippen LogP contribution < -0.4 is 0 Å². The fourth-order valence-electron chi connectivity index (χ4n) is 2.11. The monoisotopic (exact) mass is 438 g/mol. The van der Waals surface area contributed by atoms with Crippen molar-refractivity contribution in [3.8, 4) is 0 Å². The maximum absolute atomic E-state index is 6.28. The maximum Gasteiger partial charge on any atom is -0.172 e. The Morgan fingerprint density at radius 2 is 1.70 bits per heavy atom. The van der Waals surface area contributed by atoms with Crippen LogP contribution in [0.4, 0.5) is 0 Å². The van der Waals surface area contributed by atoms with Crippen LogP contribution in [0.15, 0.2) is 48.5 Å². The molecule has 0 aliphatic carbocycles. The second-order valence-electron chi connectivity index (χ2n) is 5.44. The predicted molar refractivity (Wildman–Crippen MR) is 103 cm³/mol. The largest absolute Gasteiger partial charge is 0.214 e. The third kappa shape index (κ3) is 6.70. The molecular formula is C19H22Cl2SiZr. The number of rotatable bonds is 1. The number of fused-ring (bicyclic) bond motifs is 1. The molecule has 0 saturated heterocycles. The molecule has 0 aromatic heterocycles. The van der Waals surface area contributed by atoms with Crippen LogP contribution in [0.5, 0.6) is 0 Å². The van der Waals surface area contributed by atoms with E-state index in [9.17, 15) is 0 Å². The molecule has 3 aromatic carbocycles. The zero-order chi connectivity index (χ0) is 17.4. The molecule has 0 atom stereocenters. The standard InChI is InChI=1S/C12H11Cl2.C5H5.C2H6Si.Zr/c1-3-8-6-9-4-5-10(13)7(2)11(9)12(8)14;1-2-4-5-3-1;1-3-2;/h4-6H,3H2,1-2H3;1-5H;1-2H3;/q2*-1;;+2. The summed E-state index contributed by atoms with van der Waals surface area (Å²) in [7, 11) is 0. The Morgan fingerprint density at radius 3 is 2.13 bits per heavy atom. The van der Waals surface area contributed by atoms with Crippen molar-refractivity contribution in [2.24, 2.45) is 0 Å². The fraction of sp³-hybridized carbons (Fsp3) is 0.263. The first-order valence-electron chi connectivity index (χ1n) is 7.59. The SMILES string of the molecule is CCc1[cH-]c2ccc(Cl)c(C)c2c1Cl.C[Si](C)=[Zr+2].c1cc[cH-]c1. The van der Waals surface area contributed by atoms with Crippen molar-refractivity contribution < 1.29 is 23.3 Å². The average molecular weight is 441 g/mol. The van der Waals surface area contributed by atoms with Gasteiger partial charge in [0.25, 0.3) is 0 Å². The molecule has 0 nitrogen and oxygen atoms in total. The van der Waals surface area contributed by atoms with Gasteiger partial charge in [0.2, 0.25) is 0 Å². The molecule has 23 heavy (non-hydrogen) atoms. The Kier molecular flexibility index (Phi) is 9.70. The Hall–Kier alpha value is -0.140. The summed E-state index contributed by atoms with van der Waals surface area (Å²) < 4.78 is 0. The topological polar surface area (TPSA) is 0 Å². The summed E-state index contributed by atoms with van der Waals surface area (Å²) in [6.07, 6.45) is 0.963. The van der Waals surface area contributed by atoms with Crippen molar-refractivity contribution in [1.29, 1.82) is 0 Å². The van der Waals surface area contributed by atoms with Gasteiger partial charge in [-0.05, 0) is 13.3 Å². The van der Waals surface area contributed by atoms with Crippen LogP contribution in [-0.2, 0) is 29.8 Å². The maximum atomic E-state index is 6.28. The van der Waals surface area contributed by atoms with Gasteiger partial charge >= 0.3 is 41.9 Å². The van der Waals surface area contributed by atoms with Crippen LogP contribution in [0.3, 0.4) is 0 Å². The van der Waals surface area contributed by atoms with Gasteiger partial charge in [-0.25, -0.2) is 12.1 Å². The van der Waals surface area contributed by atoms with E-state index in [4.69, 9.17) is 23.2 Å². The van der Waals surface area contributed by atoms with Crippen LogP contribution in [0.2, 0.25) is 23.1 Å². The van der Waals surface area contributed by atoms with E-state index < -0.39 is 0 Å². The third-order valence-electron chi connectivity index (χ3n) is 3.20. The Morgan fingerprint density at radius 1 is 1.13 bits per heavy atom. The summed E-state index contributed by atoms with van der Waals surface area (Å²) in [5.74, 6) is 0. The van der Waals surface area contributed by atoms with E-state index in [1.54, 1.807) is 23.3 Å². The molecule has 0 spiro atoms. The van der Waals surface area contributed by atoms with Crippen LogP contribution >= 0.6 is 23.2 Å². The first-order valence-corrected chi connectivity index (χ1v) is 14.5. The summed E-state index contributed by atoms with van der Waals surface area (Å²) in [5.41, 5.74) is 2.49. The van der Waals surface area contributed by atoms with Crippen molar-refractivity contribution in [2.75, 3.05) is 0 Å². The van der Waals surface area contributed by atoms with Gasteiger partial charge in [0.1, 0.15) is 0 Å². The van der Waals surface area contributed by atoms with E-state index in [2.05, 4.69) is 26.1 Å². The third-order valence-corrected chi connectivity index (χ3v) is 4.04. The minimum absolute atomic E-state index is 0.210. The van der Waals surface area contributed by atoms with Crippen molar-refractivity contribution in [3.63, 3.8) is 0 Å². The Bertz CT molecular complexity index is 721. The molecule has 0 saturated carbocycles. The molecule has 0 bridgehead atoms. The van der Waals surface area contributed by atoms with E-state index in [0.29, 0.717) is 0 Å². The smallest absolute Gasteiger partial charge is 0.172 e. The number of hydrogen-bond donors (Lipinski definition) is 0. The zero-order valence-corrected chi connectivity index (χ0v) is 19.1. The molecule has 120 valence electrons. The van der Waals surface area contributed by atoms with Crippen LogP contribution in [0.25, 0.3) is 10.8 Å². The van der Waals surface area contributed by atoms with Crippen LogP contribution in [0.1, 0.15) is 18.1 Å². The predicted octanol–water partition coefficient (Wildman–Crippen LogP) is 6.93. The summed E-state index contributed by atoms with van der Waals surface area (Å²) in [6, 6.07) is 16.1. The average Bonchev–Trinajstić information content (AvgIpc) is 3.14. The van der Waals surface area contributed by atoms with Gasteiger partial charge in [0.05, 0.1) is 0 Å². The van der Waals surface area contributed by atoms with Gasteiger partial charge in [0, 0.05) is 5.02 Å². The van der Waals surface area contributed by atoms with Gasteiger partial charge in [-0.3, -0.25) is 0 Å². The molecule has 0 radical (unpaired) electrons. The molecule has 0 N–H and O–H groups in total. The van der Waals surface area contributed by atoms with Crippen molar-refractivity contribution >= 4 is 39.4 Å². The summed E-state index contributed by atoms with van der Waals surface area (Å²) in [5, 5.41) is 3.94. The second kappa shape index (κ2) is 10.7. The molecule has 3 aromatic rings. The van der Waals surface area contributed by atoms with Crippen molar-refractivity contribution in [3.05, 3.63) is 69.7 Å². The molecule has 4 heteroatoms. The minimum atomic E-state index is 0.210. The van der Waals surface area contributed by atoms with Crippen LogP contribution in [-0.4, -0.2) is 5.43 Å². The minimum Gasteiger partial charge on any atom is -0.214 e. The number of halogens is 2. The second-order valence-corrected chi connectivity index (χ2v) is 15.6. The first kappa shape index (κ1) is 20.9. The normalized spacial score (nSPS) is 9.74. The van der Waals surface area contributed by atoms with Crippen LogP contribution in [0, 0.1) is 6.92 Å². The molecule has 0 heterocycles. The van der Waals surface area contributed by atoms with E-state index in [0.717, 1.165) is 27.4 Å². The molecule has 0 aliphatic heterocycles. The molecule has 0 fully saturated rings. The van der Waals surface area contributed by atoms with E-state index in [1.807, 2.05) is 49.4 Å². The van der Waals surface area contributed by atoms with E-state index in [-0.39, 0.29) is 5.43 Å². The van der Waals surface area contributed by atoms with E-state index >= 15 is 0 Å². The van der Waals surface area contributed by atoms with Crippen molar-refractivity contribution in [2.45, 2.75) is 33.4 Å². The number of hydrogen-bond acceptors (Lipinski definition) is 0. The van der Waals surface area contributed by atoms with Gasteiger partial charge in [0.15, 0.2) is 0 Å². The van der Waals surface area contributed by atoms with E-state index in [1.165, 1.54) is 10.9 Å². The molecule has 3 rings (SSSR count). The fourth-order valence-corrected chi connectivity index (χ4v) is 2.70. The number of benzene rings is 1. The van der Waals surface area contributed by atoms with Gasteiger partial charge in [-0.2, -0.15) is 29.8 Å². The van der Waals surface area contributed by atoms with Gasteiger partial charge in [-0.15, -0.1) is 28.5 Å². The molecular weight excluding hydrogens is 418 g/mol. The Labute approximate surface area is 164 Å². The summed E-state index contributed by atoms with van der Waals surface area (Å²) >= 11 is 14.1. The van der Waals surface area contributed by atoms with Gasteiger partial charge < -0.3 is 0 Å². The summed E-state index contributed by atoms with van der Waals surface area (Å²) in [4.78, 5) is 0. The number of aryl methyl sites for hydroxylation is 2. The quantitative estimate of drug-likeness (QED) is 0.284. The van der Waals surface area contributed by atoms with Crippen molar-refractivity contribution in [1.82, 2.24) is 0 Å². The van der Waals surface area contributed by atoms with Gasteiger partial charge in [-0.1, -0.05) is 35.2 Å².